The van der Waals surface area contributed by atoms with E-state index in [0.29, 0.717) is 5.88 Å². The first-order valence-electron chi connectivity index (χ1n) is 8.72. The molecule has 4 rings (SSSR count). The maximum Gasteiger partial charge on any atom is 0.235 e. The first-order valence-corrected chi connectivity index (χ1v) is 9.52. The van der Waals surface area contributed by atoms with E-state index in [-0.39, 0.29) is 6.10 Å². The zero-order valence-corrected chi connectivity index (χ0v) is 16.4. The third-order valence-corrected chi connectivity index (χ3v) is 5.06. The van der Waals surface area contributed by atoms with Crippen molar-refractivity contribution < 1.29 is 4.74 Å². The lowest BCUT2D eigenvalue weighted by Crippen LogP contribution is -2.39. The Kier molecular flexibility index (Phi) is 4.72. The zero-order chi connectivity index (χ0) is 18.1. The number of aryl methyl sites for hydroxylation is 2. The minimum atomic E-state index is 0.150. The molecular formula is C19H20BrN5O. The second-order valence-corrected chi connectivity index (χ2v) is 7.50. The molecule has 3 aromatic rings. The van der Waals surface area contributed by atoms with Crippen molar-refractivity contribution >= 4 is 32.8 Å². The number of ether oxygens (including phenoxy) is 1. The van der Waals surface area contributed by atoms with Crippen molar-refractivity contribution in [2.75, 3.05) is 18.0 Å². The fourth-order valence-electron chi connectivity index (χ4n) is 3.11. The molecule has 0 N–H and O–H groups in total. The molecule has 7 heteroatoms. The molecule has 1 aliphatic heterocycles. The highest BCUT2D eigenvalue weighted by Gasteiger charge is 2.23. The smallest absolute Gasteiger partial charge is 0.235 e. The number of hydrogen-bond donors (Lipinski definition) is 0. The topological polar surface area (TPSA) is 64.0 Å². The molecule has 0 bridgehead atoms. The number of rotatable bonds is 3. The summed E-state index contributed by atoms with van der Waals surface area (Å²) in [5.41, 5.74) is 2.67. The predicted molar refractivity (Wildman–Crippen MR) is 105 cm³/mol. The molecule has 1 aliphatic rings. The quantitative estimate of drug-likeness (QED) is 0.649. The molecule has 26 heavy (non-hydrogen) atoms. The summed E-state index contributed by atoms with van der Waals surface area (Å²) >= 11 is 3.48. The van der Waals surface area contributed by atoms with Gasteiger partial charge in [-0.25, -0.2) is 15.0 Å². The van der Waals surface area contributed by atoms with Crippen LogP contribution in [0, 0.1) is 13.8 Å². The lowest BCUT2D eigenvalue weighted by Gasteiger charge is -2.32. The van der Waals surface area contributed by atoms with E-state index in [1.54, 1.807) is 6.20 Å². The Labute approximate surface area is 160 Å². The van der Waals surface area contributed by atoms with Crippen LogP contribution in [0.3, 0.4) is 0 Å². The van der Waals surface area contributed by atoms with Crippen LogP contribution in [-0.4, -0.2) is 39.1 Å². The number of halogens is 1. The van der Waals surface area contributed by atoms with Gasteiger partial charge >= 0.3 is 0 Å². The fourth-order valence-corrected chi connectivity index (χ4v) is 3.48. The van der Waals surface area contributed by atoms with Crippen LogP contribution in [0.15, 0.2) is 35.1 Å². The van der Waals surface area contributed by atoms with Crippen LogP contribution in [0.2, 0.25) is 0 Å². The normalized spacial score (nSPS) is 15.4. The van der Waals surface area contributed by atoms with E-state index < -0.39 is 0 Å². The third-order valence-electron chi connectivity index (χ3n) is 4.56. The summed E-state index contributed by atoms with van der Waals surface area (Å²) in [4.78, 5) is 20.2. The van der Waals surface area contributed by atoms with Crippen molar-refractivity contribution in [3.8, 4) is 5.88 Å². The molecule has 0 unspecified atom stereocenters. The van der Waals surface area contributed by atoms with Crippen molar-refractivity contribution in [1.29, 1.82) is 0 Å². The first kappa shape index (κ1) is 17.1. The number of nitrogens with zero attached hydrogens (tertiary/aromatic N) is 5. The Morgan fingerprint density at radius 2 is 1.88 bits per heavy atom. The van der Waals surface area contributed by atoms with Gasteiger partial charge in [-0.05, 0) is 32.0 Å². The molecule has 134 valence electrons. The van der Waals surface area contributed by atoms with Crippen molar-refractivity contribution in [1.82, 2.24) is 19.9 Å². The number of hydrogen-bond acceptors (Lipinski definition) is 6. The minimum absolute atomic E-state index is 0.150. The van der Waals surface area contributed by atoms with E-state index in [1.165, 1.54) is 0 Å². The average molecular weight is 414 g/mol. The third kappa shape index (κ3) is 3.62. The second-order valence-electron chi connectivity index (χ2n) is 6.58. The molecule has 0 spiro atoms. The van der Waals surface area contributed by atoms with Crippen LogP contribution in [0.1, 0.15) is 24.2 Å². The van der Waals surface area contributed by atoms with E-state index in [1.807, 2.05) is 38.2 Å². The van der Waals surface area contributed by atoms with Crippen molar-refractivity contribution in [2.24, 2.45) is 0 Å². The Morgan fingerprint density at radius 1 is 1.08 bits per heavy atom. The second kappa shape index (κ2) is 7.15. The summed E-state index contributed by atoms with van der Waals surface area (Å²) in [5.74, 6) is 1.43. The minimum Gasteiger partial charge on any atom is -0.473 e. The maximum absolute atomic E-state index is 6.09. The summed E-state index contributed by atoms with van der Waals surface area (Å²) in [6.07, 6.45) is 5.63. The molecular weight excluding hydrogens is 394 g/mol. The summed E-state index contributed by atoms with van der Waals surface area (Å²) < 4.78 is 7.12. The molecule has 6 nitrogen and oxygen atoms in total. The highest BCUT2D eigenvalue weighted by Crippen LogP contribution is 2.24. The Hall–Kier alpha value is -2.28. The summed E-state index contributed by atoms with van der Waals surface area (Å²) in [6, 6.07) is 6.05. The molecule has 0 radical (unpaired) electrons. The lowest BCUT2D eigenvalue weighted by molar-refractivity contribution is 0.161. The van der Waals surface area contributed by atoms with Crippen molar-refractivity contribution in [3.63, 3.8) is 0 Å². The molecule has 1 fully saturated rings. The molecule has 0 saturated carbocycles. The molecule has 3 heterocycles. The standard InChI is InChI=1S/C19H20BrN5O/c1-12-10-21-13(2)18(23-12)26-16-5-7-25(8-6-16)19-22-11-14-9-15(20)3-4-17(14)24-19/h3-4,9-11,16H,5-8H2,1-2H3. The van der Waals surface area contributed by atoms with E-state index in [9.17, 15) is 0 Å². The van der Waals surface area contributed by atoms with Gasteiger partial charge in [-0.2, -0.15) is 0 Å². The SMILES string of the molecule is Cc1cnc(C)c(OC2CCN(c3ncc4cc(Br)ccc4n3)CC2)n1. The van der Waals surface area contributed by atoms with Crippen LogP contribution < -0.4 is 9.64 Å². The van der Waals surface area contributed by atoms with E-state index in [0.717, 1.165) is 58.6 Å². The van der Waals surface area contributed by atoms with Gasteiger partial charge < -0.3 is 9.64 Å². The van der Waals surface area contributed by atoms with E-state index in [4.69, 9.17) is 9.72 Å². The summed E-state index contributed by atoms with van der Waals surface area (Å²) in [7, 11) is 0. The molecule has 2 aromatic heterocycles. The van der Waals surface area contributed by atoms with Gasteiger partial charge in [0.15, 0.2) is 0 Å². The fraction of sp³-hybridized carbons (Fsp3) is 0.368. The molecule has 1 saturated heterocycles. The average Bonchev–Trinajstić information content (AvgIpc) is 2.65. The summed E-state index contributed by atoms with van der Waals surface area (Å²) in [6.45, 7) is 5.59. The molecule has 0 amide bonds. The largest absolute Gasteiger partial charge is 0.473 e. The van der Waals surface area contributed by atoms with Gasteiger partial charge in [0, 0.05) is 48.2 Å². The van der Waals surface area contributed by atoms with Gasteiger partial charge in [0.1, 0.15) is 6.10 Å². The first-order chi connectivity index (χ1) is 12.6. The van der Waals surface area contributed by atoms with E-state index >= 15 is 0 Å². The van der Waals surface area contributed by atoms with Crippen molar-refractivity contribution in [2.45, 2.75) is 32.8 Å². The number of anilines is 1. The number of piperidine rings is 1. The number of aromatic nitrogens is 4. The van der Waals surface area contributed by atoms with E-state index in [2.05, 4.69) is 35.8 Å². The van der Waals surface area contributed by atoms with Crippen LogP contribution in [0.5, 0.6) is 5.88 Å². The highest BCUT2D eigenvalue weighted by molar-refractivity contribution is 9.10. The highest BCUT2D eigenvalue weighted by atomic mass is 79.9. The summed E-state index contributed by atoms with van der Waals surface area (Å²) in [5, 5.41) is 1.04. The zero-order valence-electron chi connectivity index (χ0n) is 14.8. The Morgan fingerprint density at radius 3 is 2.69 bits per heavy atom. The van der Waals surface area contributed by atoms with Crippen LogP contribution in [-0.2, 0) is 0 Å². The van der Waals surface area contributed by atoms with Gasteiger partial charge in [-0.1, -0.05) is 15.9 Å². The van der Waals surface area contributed by atoms with Gasteiger partial charge in [0.2, 0.25) is 11.8 Å². The van der Waals surface area contributed by atoms with Gasteiger partial charge in [0.25, 0.3) is 0 Å². The Balaban J connectivity index is 1.43. The van der Waals surface area contributed by atoms with Crippen molar-refractivity contribution in [3.05, 3.63) is 46.5 Å². The molecule has 0 aliphatic carbocycles. The maximum atomic E-state index is 6.09. The van der Waals surface area contributed by atoms with Crippen LogP contribution >= 0.6 is 15.9 Å². The molecule has 1 aromatic carbocycles. The van der Waals surface area contributed by atoms with Gasteiger partial charge in [-0.15, -0.1) is 0 Å². The monoisotopic (exact) mass is 413 g/mol. The molecule has 0 atom stereocenters. The van der Waals surface area contributed by atoms with Crippen LogP contribution in [0.25, 0.3) is 10.9 Å². The van der Waals surface area contributed by atoms with Crippen LogP contribution in [0.4, 0.5) is 5.95 Å². The number of benzene rings is 1. The number of fused-ring (bicyclic) bond motifs is 1. The lowest BCUT2D eigenvalue weighted by atomic mass is 10.1. The predicted octanol–water partition coefficient (Wildman–Crippen LogP) is 3.85. The van der Waals surface area contributed by atoms with Gasteiger partial charge in [-0.3, -0.25) is 4.98 Å². The Bertz CT molecular complexity index is 940. The van der Waals surface area contributed by atoms with Gasteiger partial charge in [0.05, 0.1) is 16.9 Å².